The zero-order valence-electron chi connectivity index (χ0n) is 9.45. The third kappa shape index (κ3) is 1.24. The van der Waals surface area contributed by atoms with Crippen LogP contribution >= 0.6 is 0 Å². The van der Waals surface area contributed by atoms with Gasteiger partial charge in [0.2, 0.25) is 0 Å². The van der Waals surface area contributed by atoms with Crippen molar-refractivity contribution in [3.8, 4) is 0 Å². The molecule has 0 N–H and O–H groups in total. The van der Waals surface area contributed by atoms with Crippen LogP contribution in [0.4, 0.5) is 0 Å². The van der Waals surface area contributed by atoms with Crippen LogP contribution in [-0.2, 0) is 14.2 Å². The van der Waals surface area contributed by atoms with Gasteiger partial charge in [-0.15, -0.1) is 0 Å². The van der Waals surface area contributed by atoms with E-state index in [-0.39, 0.29) is 11.7 Å². The van der Waals surface area contributed by atoms with E-state index in [2.05, 4.69) is 14.8 Å². The van der Waals surface area contributed by atoms with Crippen LogP contribution in [0.1, 0.15) is 13.3 Å². The Hall–Kier alpha value is -0.0551. The molecule has 1 aliphatic carbocycles. The van der Waals surface area contributed by atoms with Gasteiger partial charge in [0.1, 0.15) is 13.4 Å². The molecule has 0 aromatic heterocycles. The van der Waals surface area contributed by atoms with E-state index in [4.69, 9.17) is 14.2 Å². The molecule has 1 aliphatic heterocycles. The maximum Gasteiger partial charge on any atom is 0.139 e. The summed E-state index contributed by atoms with van der Waals surface area (Å²) in [6.45, 7) is 2.93. The third-order valence-electron chi connectivity index (χ3n) is 3.80. The van der Waals surface area contributed by atoms with Crippen LogP contribution in [0.2, 0.25) is 0 Å². The van der Waals surface area contributed by atoms with Crippen LogP contribution in [0, 0.1) is 11.8 Å². The summed E-state index contributed by atoms with van der Waals surface area (Å²) >= 11 is 0. The first-order valence-corrected chi connectivity index (χ1v) is 5.34. The molecule has 1 heterocycles. The molecule has 3 nitrogen and oxygen atoms in total. The van der Waals surface area contributed by atoms with E-state index in [1.165, 1.54) is 0 Å². The number of rotatable bonds is 3. The summed E-state index contributed by atoms with van der Waals surface area (Å²) < 4.78 is 16.9. The van der Waals surface area contributed by atoms with Crippen LogP contribution in [0.15, 0.2) is 0 Å². The normalized spacial score (nSPS) is 51.4. The Morgan fingerprint density at radius 2 is 2.21 bits per heavy atom. The second kappa shape index (κ2) is 3.51. The number of methoxy groups -OCH3 is 2. The van der Waals surface area contributed by atoms with Crippen LogP contribution in [-0.4, -0.2) is 46.4 Å². The fourth-order valence-electron chi connectivity index (χ4n) is 3.51. The van der Waals surface area contributed by atoms with Crippen molar-refractivity contribution in [2.24, 2.45) is 11.8 Å². The summed E-state index contributed by atoms with van der Waals surface area (Å²) in [5, 5.41) is 0. The number of hydrogen-bond acceptors (Lipinski definition) is 3. The van der Waals surface area contributed by atoms with Crippen molar-refractivity contribution in [3.63, 3.8) is 0 Å². The molecule has 2 bridgehead atoms. The molecule has 2 aliphatic rings. The van der Waals surface area contributed by atoms with Crippen molar-refractivity contribution in [2.45, 2.75) is 31.1 Å². The van der Waals surface area contributed by atoms with Crippen molar-refractivity contribution < 1.29 is 14.2 Å². The number of fused-ring (bicyclic) bond motifs is 2. The average molecular weight is 198 g/mol. The molecule has 2 unspecified atom stereocenters. The molecule has 14 heavy (non-hydrogen) atoms. The van der Waals surface area contributed by atoms with Crippen LogP contribution < -0.4 is 0 Å². The molecule has 1 saturated carbocycles. The van der Waals surface area contributed by atoms with Gasteiger partial charge >= 0.3 is 0 Å². The maximum absolute atomic E-state index is 6.01. The van der Waals surface area contributed by atoms with Crippen molar-refractivity contribution in [1.82, 2.24) is 0 Å². The van der Waals surface area contributed by atoms with E-state index >= 15 is 0 Å². The fourth-order valence-corrected chi connectivity index (χ4v) is 3.51. The topological polar surface area (TPSA) is 27.7 Å². The fraction of sp³-hybridized carbons (Fsp3) is 1.00. The lowest BCUT2D eigenvalue weighted by molar-refractivity contribution is -0.119. The van der Waals surface area contributed by atoms with E-state index in [1.54, 1.807) is 14.2 Å². The Balaban J connectivity index is 2.23. The van der Waals surface area contributed by atoms with Gasteiger partial charge < -0.3 is 14.2 Å². The first-order chi connectivity index (χ1) is 6.64. The van der Waals surface area contributed by atoms with E-state index < -0.39 is 0 Å². The summed E-state index contributed by atoms with van der Waals surface area (Å²) in [5.41, 5.74) is -0.174. The minimum Gasteiger partial charge on any atom is -0.382 e. The van der Waals surface area contributed by atoms with Gasteiger partial charge in [-0.1, -0.05) is 6.92 Å². The molecule has 0 amide bonds. The summed E-state index contributed by atoms with van der Waals surface area (Å²) in [6, 6.07) is 0.304. The molecular weight excluding hydrogens is 179 g/mol. The van der Waals surface area contributed by atoms with E-state index in [0.717, 1.165) is 6.42 Å². The molecule has 0 aromatic rings. The van der Waals surface area contributed by atoms with E-state index in [0.29, 0.717) is 24.4 Å². The van der Waals surface area contributed by atoms with Gasteiger partial charge in [-0.25, -0.2) is 0 Å². The van der Waals surface area contributed by atoms with Crippen molar-refractivity contribution in [2.75, 3.05) is 20.8 Å². The molecular formula is C10H19BO3. The smallest absolute Gasteiger partial charge is 0.139 e. The lowest BCUT2D eigenvalue weighted by Gasteiger charge is -2.32. The Morgan fingerprint density at radius 1 is 1.50 bits per heavy atom. The van der Waals surface area contributed by atoms with Gasteiger partial charge in [0.25, 0.3) is 0 Å². The standard InChI is InChI=1S/C10H19BO3/c1-6-4-10(5-12-2)8(13-3)7(6)9(11)14-10/h6-9H,4-5,11H2,1-3H3/t6?,7-,8?,9+,10-/m0/s1. The number of hydrogen-bond donors (Lipinski definition) is 0. The van der Waals surface area contributed by atoms with Crippen LogP contribution in [0.5, 0.6) is 0 Å². The monoisotopic (exact) mass is 198 g/mol. The first kappa shape index (κ1) is 10.5. The largest absolute Gasteiger partial charge is 0.382 e. The molecule has 0 radical (unpaired) electrons. The Morgan fingerprint density at radius 3 is 2.71 bits per heavy atom. The zero-order chi connectivity index (χ0) is 10.3. The highest BCUT2D eigenvalue weighted by molar-refractivity contribution is 6.11. The van der Waals surface area contributed by atoms with Crippen LogP contribution in [0.3, 0.4) is 0 Å². The molecule has 80 valence electrons. The molecule has 2 fully saturated rings. The van der Waals surface area contributed by atoms with Gasteiger partial charge in [0, 0.05) is 26.1 Å². The predicted molar refractivity (Wildman–Crippen MR) is 56.1 cm³/mol. The van der Waals surface area contributed by atoms with Gasteiger partial charge in [0.05, 0.1) is 12.7 Å². The minimum atomic E-state index is -0.174. The molecule has 1 saturated heterocycles. The Labute approximate surface area is 86.5 Å². The highest BCUT2D eigenvalue weighted by Gasteiger charge is 2.61. The molecule has 5 atom stereocenters. The summed E-state index contributed by atoms with van der Waals surface area (Å²) in [6.07, 6.45) is 1.28. The maximum atomic E-state index is 6.01. The van der Waals surface area contributed by atoms with Crippen LogP contribution in [0.25, 0.3) is 0 Å². The van der Waals surface area contributed by atoms with Crippen molar-refractivity contribution >= 4 is 7.85 Å². The second-order valence-electron chi connectivity index (χ2n) is 4.74. The first-order valence-electron chi connectivity index (χ1n) is 5.34. The SMILES string of the molecule is B[C@@H]1O[C@]2(COC)CC(C)[C@H]1C2OC. The molecule has 2 rings (SSSR count). The summed E-state index contributed by atoms with van der Waals surface area (Å²) in [4.78, 5) is 0. The molecule has 0 spiro atoms. The summed E-state index contributed by atoms with van der Waals surface area (Å²) in [5.74, 6) is 1.22. The second-order valence-corrected chi connectivity index (χ2v) is 4.74. The zero-order valence-corrected chi connectivity index (χ0v) is 9.45. The van der Waals surface area contributed by atoms with Crippen molar-refractivity contribution in [1.29, 1.82) is 0 Å². The van der Waals surface area contributed by atoms with Gasteiger partial charge in [-0.2, -0.15) is 0 Å². The Bertz CT molecular complexity index is 209. The predicted octanol–water partition coefficient (Wildman–Crippen LogP) is 0.0320. The van der Waals surface area contributed by atoms with Crippen molar-refractivity contribution in [3.05, 3.63) is 0 Å². The van der Waals surface area contributed by atoms with Gasteiger partial charge in [-0.3, -0.25) is 0 Å². The highest BCUT2D eigenvalue weighted by Crippen LogP contribution is 2.51. The van der Waals surface area contributed by atoms with Gasteiger partial charge in [0.15, 0.2) is 0 Å². The molecule has 4 heteroatoms. The lowest BCUT2D eigenvalue weighted by Crippen LogP contribution is -2.43. The number of ether oxygens (including phenoxy) is 3. The summed E-state index contributed by atoms with van der Waals surface area (Å²) in [7, 11) is 5.65. The quantitative estimate of drug-likeness (QED) is 0.599. The van der Waals surface area contributed by atoms with E-state index in [1.807, 2.05) is 0 Å². The van der Waals surface area contributed by atoms with Gasteiger partial charge in [-0.05, 0) is 12.3 Å². The highest BCUT2D eigenvalue weighted by atomic mass is 16.6. The lowest BCUT2D eigenvalue weighted by atomic mass is 9.80. The average Bonchev–Trinajstić information content (AvgIpc) is 2.51. The third-order valence-corrected chi connectivity index (χ3v) is 3.80. The van der Waals surface area contributed by atoms with E-state index in [9.17, 15) is 0 Å². The Kier molecular flexibility index (Phi) is 2.62. The minimum absolute atomic E-state index is 0.174. The molecule has 0 aromatic carbocycles.